The van der Waals surface area contributed by atoms with E-state index in [-0.39, 0.29) is 6.10 Å². The Hall–Kier alpha value is -0.490. The number of halogens is 1. The number of nitrogens with zero attached hydrogens (tertiary/aromatic N) is 1. The van der Waals surface area contributed by atoms with E-state index in [0.717, 1.165) is 17.0 Å². The summed E-state index contributed by atoms with van der Waals surface area (Å²) in [5, 5.41) is 9.81. The summed E-state index contributed by atoms with van der Waals surface area (Å²) in [5.41, 5.74) is 1.98. The average molecular weight is 335 g/mol. The van der Waals surface area contributed by atoms with Gasteiger partial charge >= 0.3 is 0 Å². The number of rotatable bonds is 1. The van der Waals surface area contributed by atoms with Crippen molar-refractivity contribution in [2.24, 2.45) is 0 Å². The molecular weight excluding hydrogens is 317 g/mol. The third-order valence-electron chi connectivity index (χ3n) is 2.59. The van der Waals surface area contributed by atoms with Crippen molar-refractivity contribution in [1.29, 1.82) is 0 Å². The second-order valence-corrected chi connectivity index (χ2v) is 3.88. The van der Waals surface area contributed by atoms with Gasteiger partial charge in [-0.2, -0.15) is 0 Å². The molecule has 1 aliphatic heterocycles. The lowest BCUT2D eigenvalue weighted by molar-refractivity contribution is 0.0796. The lowest BCUT2D eigenvalue weighted by atomic mass is 10.1. The molecule has 0 amide bonds. The van der Waals surface area contributed by atoms with Crippen LogP contribution in [0.5, 0.6) is 5.75 Å². The first-order valence-corrected chi connectivity index (χ1v) is 7.29. The molecule has 0 radical (unpaired) electrons. The van der Waals surface area contributed by atoms with Crippen molar-refractivity contribution in [2.45, 2.75) is 19.1 Å². The van der Waals surface area contributed by atoms with E-state index in [4.69, 9.17) is 4.74 Å². The summed E-state index contributed by atoms with van der Waals surface area (Å²) in [5.74, 6) is 0.801. The van der Waals surface area contributed by atoms with Crippen LogP contribution in [0.3, 0.4) is 0 Å². The molecule has 0 unspecified atom stereocenters. The van der Waals surface area contributed by atoms with Crippen LogP contribution in [-0.2, 0) is 0 Å². The summed E-state index contributed by atoms with van der Waals surface area (Å²) < 4.78 is 5.49. The minimum absolute atomic E-state index is 0.137. The Bertz CT molecular complexity index is 355. The maximum absolute atomic E-state index is 9.81. The highest BCUT2D eigenvalue weighted by atomic mass is 127. The van der Waals surface area contributed by atoms with Crippen LogP contribution in [0.25, 0.3) is 0 Å². The number of aliphatic hydroxyl groups is 1. The SMILES string of the molecule is CI.C[C@H]1Oc2ccc(N(C)C)cc2[C@@H]1O. The molecule has 1 aromatic carbocycles. The molecule has 1 heterocycles. The molecule has 0 saturated carbocycles. The Morgan fingerprint density at radius 1 is 1.31 bits per heavy atom. The fourth-order valence-corrected chi connectivity index (χ4v) is 1.67. The number of aliphatic hydroxyl groups excluding tert-OH is 1. The normalized spacial score (nSPS) is 21.6. The third kappa shape index (κ3) is 2.60. The fourth-order valence-electron chi connectivity index (χ4n) is 1.67. The molecule has 16 heavy (non-hydrogen) atoms. The third-order valence-corrected chi connectivity index (χ3v) is 2.59. The zero-order chi connectivity index (χ0) is 12.3. The monoisotopic (exact) mass is 335 g/mol. The van der Waals surface area contributed by atoms with Crippen LogP contribution in [0, 0.1) is 0 Å². The second-order valence-electron chi connectivity index (χ2n) is 3.88. The molecule has 3 nitrogen and oxygen atoms in total. The van der Waals surface area contributed by atoms with Crippen molar-refractivity contribution < 1.29 is 9.84 Å². The molecule has 2 atom stereocenters. The highest BCUT2D eigenvalue weighted by Gasteiger charge is 2.29. The van der Waals surface area contributed by atoms with E-state index in [1.165, 1.54) is 0 Å². The van der Waals surface area contributed by atoms with Crippen molar-refractivity contribution in [3.8, 4) is 5.75 Å². The van der Waals surface area contributed by atoms with Crippen LogP contribution >= 0.6 is 22.6 Å². The lowest BCUT2D eigenvalue weighted by Gasteiger charge is -2.13. The smallest absolute Gasteiger partial charge is 0.126 e. The second kappa shape index (κ2) is 5.72. The van der Waals surface area contributed by atoms with Gasteiger partial charge in [-0.1, -0.05) is 22.6 Å². The summed E-state index contributed by atoms with van der Waals surface area (Å²) in [6, 6.07) is 5.88. The molecule has 0 aromatic heterocycles. The van der Waals surface area contributed by atoms with Gasteiger partial charge in [-0.05, 0) is 30.1 Å². The Kier molecular flexibility index (Phi) is 4.86. The van der Waals surface area contributed by atoms with Crippen LogP contribution in [-0.4, -0.2) is 30.2 Å². The number of alkyl halides is 1. The maximum atomic E-state index is 9.81. The molecule has 90 valence electrons. The summed E-state index contributed by atoms with van der Waals surface area (Å²) in [7, 11) is 3.96. The Morgan fingerprint density at radius 3 is 2.50 bits per heavy atom. The molecule has 1 N–H and O–H groups in total. The zero-order valence-electron chi connectivity index (χ0n) is 10.1. The highest BCUT2D eigenvalue weighted by molar-refractivity contribution is 14.1. The van der Waals surface area contributed by atoms with Crippen LogP contribution in [0.4, 0.5) is 5.69 Å². The molecule has 0 bridgehead atoms. The largest absolute Gasteiger partial charge is 0.487 e. The van der Waals surface area contributed by atoms with Gasteiger partial charge in [0.1, 0.15) is 18.0 Å². The van der Waals surface area contributed by atoms with Gasteiger partial charge in [0.05, 0.1) is 0 Å². The van der Waals surface area contributed by atoms with Gasteiger partial charge < -0.3 is 14.7 Å². The number of hydrogen-bond donors (Lipinski definition) is 1. The fraction of sp³-hybridized carbons (Fsp3) is 0.500. The van der Waals surface area contributed by atoms with E-state index < -0.39 is 6.10 Å². The predicted octanol–water partition coefficient (Wildman–Crippen LogP) is 2.62. The summed E-state index contributed by atoms with van der Waals surface area (Å²) in [6.45, 7) is 1.88. The van der Waals surface area contributed by atoms with Crippen LogP contribution in [0.15, 0.2) is 18.2 Å². The molecule has 2 rings (SSSR count). The van der Waals surface area contributed by atoms with E-state index in [2.05, 4.69) is 22.6 Å². The first kappa shape index (κ1) is 13.6. The zero-order valence-corrected chi connectivity index (χ0v) is 12.2. The first-order chi connectivity index (χ1) is 7.59. The van der Waals surface area contributed by atoms with Gasteiger partial charge in [0.15, 0.2) is 0 Å². The molecule has 0 saturated heterocycles. The van der Waals surface area contributed by atoms with E-state index in [0.29, 0.717) is 0 Å². The number of fused-ring (bicyclic) bond motifs is 1. The van der Waals surface area contributed by atoms with Crippen molar-refractivity contribution in [3.05, 3.63) is 23.8 Å². The van der Waals surface area contributed by atoms with Crippen LogP contribution in [0.1, 0.15) is 18.6 Å². The van der Waals surface area contributed by atoms with Crippen LogP contribution in [0.2, 0.25) is 0 Å². The van der Waals surface area contributed by atoms with Gasteiger partial charge in [0, 0.05) is 25.3 Å². The van der Waals surface area contributed by atoms with E-state index >= 15 is 0 Å². The average Bonchev–Trinajstić information content (AvgIpc) is 2.57. The Balaban J connectivity index is 0.000000606. The minimum Gasteiger partial charge on any atom is -0.487 e. The highest BCUT2D eigenvalue weighted by Crippen LogP contribution is 2.38. The van der Waals surface area contributed by atoms with Crippen molar-refractivity contribution >= 4 is 28.3 Å². The molecule has 0 aliphatic carbocycles. The van der Waals surface area contributed by atoms with E-state index in [1.807, 2.05) is 49.0 Å². The Morgan fingerprint density at radius 2 is 1.94 bits per heavy atom. The minimum atomic E-state index is -0.495. The van der Waals surface area contributed by atoms with Gasteiger partial charge in [-0.3, -0.25) is 0 Å². The van der Waals surface area contributed by atoms with E-state index in [9.17, 15) is 5.11 Å². The number of ether oxygens (including phenoxy) is 1. The summed E-state index contributed by atoms with van der Waals surface area (Å²) in [6.07, 6.45) is -0.632. The van der Waals surface area contributed by atoms with Crippen molar-refractivity contribution in [2.75, 3.05) is 23.9 Å². The van der Waals surface area contributed by atoms with Crippen molar-refractivity contribution in [1.82, 2.24) is 0 Å². The molecular formula is C12H18INO2. The van der Waals surface area contributed by atoms with Gasteiger partial charge in [0.25, 0.3) is 0 Å². The van der Waals surface area contributed by atoms with Crippen LogP contribution < -0.4 is 9.64 Å². The molecule has 0 fully saturated rings. The van der Waals surface area contributed by atoms with Crippen molar-refractivity contribution in [3.63, 3.8) is 0 Å². The number of hydrogen-bond acceptors (Lipinski definition) is 3. The maximum Gasteiger partial charge on any atom is 0.126 e. The lowest BCUT2D eigenvalue weighted by Crippen LogP contribution is -2.13. The predicted molar refractivity (Wildman–Crippen MR) is 75.8 cm³/mol. The molecule has 1 aromatic rings. The number of benzene rings is 1. The summed E-state index contributed by atoms with van der Waals surface area (Å²) in [4.78, 5) is 3.98. The molecule has 1 aliphatic rings. The first-order valence-electron chi connectivity index (χ1n) is 5.13. The summed E-state index contributed by atoms with van der Waals surface area (Å²) >= 11 is 2.15. The topological polar surface area (TPSA) is 32.7 Å². The Labute approximate surface area is 111 Å². The molecule has 4 heteroatoms. The quantitative estimate of drug-likeness (QED) is 0.633. The number of anilines is 1. The van der Waals surface area contributed by atoms with Gasteiger partial charge in [0.2, 0.25) is 0 Å². The standard InChI is InChI=1S/C11H15NO2.CH3I/c1-7-11(13)9-6-8(12(2)3)4-5-10(9)14-7;1-2/h4-7,11,13H,1-3H3;1H3/t7-,11-;/m1./s1. The van der Waals surface area contributed by atoms with Gasteiger partial charge in [-0.15, -0.1) is 0 Å². The molecule has 0 spiro atoms. The van der Waals surface area contributed by atoms with E-state index in [1.54, 1.807) is 0 Å². The van der Waals surface area contributed by atoms with Gasteiger partial charge in [-0.25, -0.2) is 0 Å².